The Morgan fingerprint density at radius 1 is 1.47 bits per heavy atom. The first-order valence-corrected chi connectivity index (χ1v) is 5.51. The molecule has 1 aromatic rings. The zero-order valence-electron chi connectivity index (χ0n) is 9.76. The first-order valence-electron chi connectivity index (χ1n) is 5.51. The van der Waals surface area contributed by atoms with Gasteiger partial charge in [0.15, 0.2) is 0 Å². The minimum Gasteiger partial charge on any atom is -0.394 e. The van der Waals surface area contributed by atoms with Gasteiger partial charge in [0.2, 0.25) is 0 Å². The molecule has 0 saturated heterocycles. The van der Waals surface area contributed by atoms with Gasteiger partial charge in [0, 0.05) is 0 Å². The van der Waals surface area contributed by atoms with Crippen LogP contribution in [0.15, 0.2) is 35.4 Å². The summed E-state index contributed by atoms with van der Waals surface area (Å²) < 4.78 is 0. The summed E-state index contributed by atoms with van der Waals surface area (Å²) in [7, 11) is 0. The molecule has 0 radical (unpaired) electrons. The molecule has 0 fully saturated rings. The molecule has 0 aliphatic heterocycles. The molecule has 17 heavy (non-hydrogen) atoms. The molecule has 0 spiro atoms. The van der Waals surface area contributed by atoms with Gasteiger partial charge < -0.3 is 10.4 Å². The Labute approximate surface area is 101 Å². The summed E-state index contributed by atoms with van der Waals surface area (Å²) in [5, 5.41) is 15.3. The van der Waals surface area contributed by atoms with Crippen LogP contribution in [0.1, 0.15) is 18.9 Å². The van der Waals surface area contributed by atoms with E-state index in [2.05, 4.69) is 15.8 Å². The molecule has 1 rings (SSSR count). The molecular weight excluding hydrogens is 218 g/mol. The van der Waals surface area contributed by atoms with Crippen molar-refractivity contribution in [1.29, 1.82) is 0 Å². The number of aliphatic hydroxyl groups is 1. The number of nitrogens with zero attached hydrogens (tertiary/aromatic N) is 1. The SMILES string of the molecule is CCC(CO)NC(=O)NN=Cc1ccccc1. The maximum atomic E-state index is 11.3. The van der Waals surface area contributed by atoms with Crippen molar-refractivity contribution in [2.45, 2.75) is 19.4 Å². The predicted molar refractivity (Wildman–Crippen MR) is 66.9 cm³/mol. The number of amides is 2. The van der Waals surface area contributed by atoms with Crippen molar-refractivity contribution >= 4 is 12.2 Å². The zero-order chi connectivity index (χ0) is 12.5. The van der Waals surface area contributed by atoms with E-state index in [4.69, 9.17) is 5.11 Å². The standard InChI is InChI=1S/C12H17N3O2/c1-2-11(9-16)14-12(17)15-13-8-10-6-4-3-5-7-10/h3-8,11,16H,2,9H2,1H3,(H2,14,15,17). The van der Waals surface area contributed by atoms with Gasteiger partial charge in [-0.05, 0) is 12.0 Å². The van der Waals surface area contributed by atoms with Gasteiger partial charge in [0.05, 0.1) is 18.9 Å². The zero-order valence-corrected chi connectivity index (χ0v) is 9.76. The molecule has 0 saturated carbocycles. The van der Waals surface area contributed by atoms with E-state index in [9.17, 15) is 4.79 Å². The van der Waals surface area contributed by atoms with E-state index in [0.29, 0.717) is 6.42 Å². The molecule has 0 aliphatic rings. The van der Waals surface area contributed by atoms with Gasteiger partial charge in [0.1, 0.15) is 0 Å². The van der Waals surface area contributed by atoms with Crippen molar-refractivity contribution < 1.29 is 9.90 Å². The molecule has 0 aliphatic carbocycles. The molecular formula is C12H17N3O2. The van der Waals surface area contributed by atoms with Gasteiger partial charge in [-0.3, -0.25) is 0 Å². The van der Waals surface area contributed by atoms with Crippen molar-refractivity contribution in [1.82, 2.24) is 10.7 Å². The molecule has 1 atom stereocenters. The van der Waals surface area contributed by atoms with E-state index < -0.39 is 6.03 Å². The third-order valence-electron chi connectivity index (χ3n) is 2.23. The highest BCUT2D eigenvalue weighted by Crippen LogP contribution is 1.93. The smallest absolute Gasteiger partial charge is 0.335 e. The third kappa shape index (κ3) is 5.12. The van der Waals surface area contributed by atoms with Crippen LogP contribution in [0.4, 0.5) is 4.79 Å². The third-order valence-corrected chi connectivity index (χ3v) is 2.23. The topological polar surface area (TPSA) is 73.7 Å². The second kappa shape index (κ2) is 7.40. The Bertz CT molecular complexity index is 361. The van der Waals surface area contributed by atoms with Crippen LogP contribution >= 0.6 is 0 Å². The number of benzene rings is 1. The van der Waals surface area contributed by atoms with Crippen LogP contribution in [0.2, 0.25) is 0 Å². The van der Waals surface area contributed by atoms with Gasteiger partial charge in [-0.15, -0.1) is 0 Å². The fourth-order valence-electron chi connectivity index (χ4n) is 1.20. The summed E-state index contributed by atoms with van der Waals surface area (Å²) in [4.78, 5) is 11.3. The Morgan fingerprint density at radius 3 is 2.76 bits per heavy atom. The van der Waals surface area contributed by atoms with Crippen LogP contribution in [-0.4, -0.2) is 30.0 Å². The summed E-state index contributed by atoms with van der Waals surface area (Å²) >= 11 is 0. The molecule has 5 nitrogen and oxygen atoms in total. The van der Waals surface area contributed by atoms with Crippen LogP contribution in [-0.2, 0) is 0 Å². The number of nitrogens with one attached hydrogen (secondary N) is 2. The van der Waals surface area contributed by atoms with Crippen molar-refractivity contribution in [3.05, 3.63) is 35.9 Å². The van der Waals surface area contributed by atoms with Crippen molar-refractivity contribution in [2.75, 3.05) is 6.61 Å². The van der Waals surface area contributed by atoms with Crippen LogP contribution in [0.25, 0.3) is 0 Å². The van der Waals surface area contributed by atoms with E-state index in [1.807, 2.05) is 37.3 Å². The van der Waals surface area contributed by atoms with Crippen LogP contribution in [0.3, 0.4) is 0 Å². The summed E-state index contributed by atoms with van der Waals surface area (Å²) in [6, 6.07) is 8.79. The lowest BCUT2D eigenvalue weighted by Gasteiger charge is -2.12. The minimum absolute atomic E-state index is 0.0771. The molecule has 92 valence electrons. The second-order valence-corrected chi connectivity index (χ2v) is 3.54. The number of hydrazone groups is 1. The Morgan fingerprint density at radius 2 is 2.18 bits per heavy atom. The summed E-state index contributed by atoms with van der Waals surface area (Å²) in [6.45, 7) is 1.81. The minimum atomic E-state index is -0.418. The molecule has 1 unspecified atom stereocenters. The van der Waals surface area contributed by atoms with Gasteiger partial charge >= 0.3 is 6.03 Å². The molecule has 2 amide bonds. The summed E-state index contributed by atoms with van der Waals surface area (Å²) in [6.07, 6.45) is 2.23. The summed E-state index contributed by atoms with van der Waals surface area (Å²) in [5.74, 6) is 0. The Hall–Kier alpha value is -1.88. The lowest BCUT2D eigenvalue weighted by molar-refractivity contribution is 0.215. The molecule has 5 heteroatoms. The van der Waals surface area contributed by atoms with Crippen LogP contribution in [0, 0.1) is 0 Å². The van der Waals surface area contributed by atoms with Gasteiger partial charge in [-0.2, -0.15) is 5.10 Å². The maximum absolute atomic E-state index is 11.3. The predicted octanol–water partition coefficient (Wildman–Crippen LogP) is 1.09. The second-order valence-electron chi connectivity index (χ2n) is 3.54. The van der Waals surface area contributed by atoms with Crippen LogP contribution in [0.5, 0.6) is 0 Å². The van der Waals surface area contributed by atoms with E-state index in [1.54, 1.807) is 6.21 Å². The average molecular weight is 235 g/mol. The van der Waals surface area contributed by atoms with Crippen molar-refractivity contribution in [2.24, 2.45) is 5.10 Å². The first kappa shape index (κ1) is 13.2. The maximum Gasteiger partial charge on any atom is 0.335 e. The highest BCUT2D eigenvalue weighted by molar-refractivity contribution is 5.81. The Balaban J connectivity index is 2.35. The largest absolute Gasteiger partial charge is 0.394 e. The number of carbonyl (C=O) groups excluding carboxylic acids is 1. The van der Waals surface area contributed by atoms with Crippen molar-refractivity contribution in [3.63, 3.8) is 0 Å². The monoisotopic (exact) mass is 235 g/mol. The fourth-order valence-corrected chi connectivity index (χ4v) is 1.20. The first-order chi connectivity index (χ1) is 8.26. The average Bonchev–Trinajstić information content (AvgIpc) is 2.37. The number of urea groups is 1. The van der Waals surface area contributed by atoms with Gasteiger partial charge in [-0.25, -0.2) is 10.2 Å². The lowest BCUT2D eigenvalue weighted by Crippen LogP contribution is -2.41. The molecule has 3 N–H and O–H groups in total. The molecule has 1 aromatic carbocycles. The number of hydrogen-bond donors (Lipinski definition) is 3. The number of hydrogen-bond acceptors (Lipinski definition) is 3. The Kier molecular flexibility index (Phi) is 5.74. The fraction of sp³-hybridized carbons (Fsp3) is 0.333. The molecule has 0 aromatic heterocycles. The highest BCUT2D eigenvalue weighted by Gasteiger charge is 2.07. The number of rotatable bonds is 5. The molecule has 0 heterocycles. The summed E-state index contributed by atoms with van der Waals surface area (Å²) in [5.41, 5.74) is 3.24. The quantitative estimate of drug-likeness (QED) is 0.528. The van der Waals surface area contributed by atoms with Crippen molar-refractivity contribution in [3.8, 4) is 0 Å². The normalized spacial score (nSPS) is 12.4. The number of aliphatic hydroxyl groups excluding tert-OH is 1. The van der Waals surface area contributed by atoms with E-state index in [-0.39, 0.29) is 12.6 Å². The van der Waals surface area contributed by atoms with Crippen LogP contribution < -0.4 is 10.7 Å². The highest BCUT2D eigenvalue weighted by atomic mass is 16.3. The van der Waals surface area contributed by atoms with E-state index in [0.717, 1.165) is 5.56 Å². The van der Waals surface area contributed by atoms with E-state index in [1.165, 1.54) is 0 Å². The van der Waals surface area contributed by atoms with E-state index >= 15 is 0 Å². The lowest BCUT2D eigenvalue weighted by atomic mass is 10.2. The number of carbonyl (C=O) groups is 1. The van der Waals surface area contributed by atoms with Gasteiger partial charge in [-0.1, -0.05) is 37.3 Å². The van der Waals surface area contributed by atoms with Gasteiger partial charge in [0.25, 0.3) is 0 Å². The molecule has 0 bridgehead atoms.